The number of halogens is 3. The maximum atomic E-state index is 15.0. The molecule has 0 saturated heterocycles. The normalized spacial score (nSPS) is 18.1. The number of hydrogen-bond acceptors (Lipinski definition) is 2. The van der Waals surface area contributed by atoms with E-state index in [0.717, 1.165) is 36.8 Å². The van der Waals surface area contributed by atoms with Gasteiger partial charge in [0.05, 0.1) is 13.2 Å². The van der Waals surface area contributed by atoms with Crippen molar-refractivity contribution >= 4 is 0 Å². The highest BCUT2D eigenvalue weighted by atomic mass is 19.2. The average molecular weight is 469 g/mol. The first-order valence-corrected chi connectivity index (χ1v) is 12.0. The van der Waals surface area contributed by atoms with Crippen LogP contribution in [-0.4, -0.2) is 13.2 Å². The molecule has 1 aliphatic carbocycles. The van der Waals surface area contributed by atoms with Gasteiger partial charge in [-0.2, -0.15) is 0 Å². The summed E-state index contributed by atoms with van der Waals surface area (Å²) < 4.78 is 55.2. The number of hydrogen-bond donors (Lipinski definition) is 0. The molecule has 1 fully saturated rings. The first kappa shape index (κ1) is 24.3. The van der Waals surface area contributed by atoms with Crippen LogP contribution in [0.5, 0.6) is 5.75 Å². The van der Waals surface area contributed by atoms with E-state index in [1.54, 1.807) is 18.2 Å². The predicted molar refractivity (Wildman–Crippen MR) is 128 cm³/mol. The van der Waals surface area contributed by atoms with E-state index < -0.39 is 17.5 Å². The Kier molecular flexibility index (Phi) is 7.94. The number of rotatable bonds is 8. The molecule has 4 rings (SSSR count). The molecule has 3 aromatic carbocycles. The first-order chi connectivity index (χ1) is 16.5. The molecule has 0 spiro atoms. The van der Waals surface area contributed by atoms with E-state index in [4.69, 9.17) is 9.47 Å². The molecule has 0 atom stereocenters. The van der Waals surface area contributed by atoms with Crippen LogP contribution in [0.1, 0.15) is 55.2 Å². The molecule has 0 bridgehead atoms. The molecule has 0 amide bonds. The topological polar surface area (TPSA) is 18.5 Å². The Hall–Kier alpha value is -2.79. The molecule has 0 unspecified atom stereocenters. The van der Waals surface area contributed by atoms with E-state index in [9.17, 15) is 13.2 Å². The van der Waals surface area contributed by atoms with Crippen molar-refractivity contribution in [2.75, 3.05) is 13.2 Å². The molecular formula is C29H31F3O2. The van der Waals surface area contributed by atoms with Crippen molar-refractivity contribution in [3.8, 4) is 16.9 Å². The Labute approximate surface area is 199 Å². The summed E-state index contributed by atoms with van der Waals surface area (Å²) in [5.74, 6) is -1.44. The highest BCUT2D eigenvalue weighted by molar-refractivity contribution is 5.65. The standard InChI is InChI=1S/C29H31F3O2/c1-3-33-17-21-8-15-27(26(30)16-21)34-18-20-6-11-23(12-7-20)25-14-13-24(28(31)29(25)32)22-9-4-19(2)5-10-22/h4-5,8-10,13-16,20,23H,3,6-7,11-12,17-18H2,1-2H3. The molecule has 0 radical (unpaired) electrons. The highest BCUT2D eigenvalue weighted by Crippen LogP contribution is 2.39. The molecular weight excluding hydrogens is 437 g/mol. The lowest BCUT2D eigenvalue weighted by Crippen LogP contribution is -2.20. The van der Waals surface area contributed by atoms with E-state index in [1.807, 2.05) is 44.2 Å². The van der Waals surface area contributed by atoms with E-state index >= 15 is 0 Å². The third kappa shape index (κ3) is 5.64. The fourth-order valence-corrected chi connectivity index (χ4v) is 4.65. The minimum atomic E-state index is -0.782. The fourth-order valence-electron chi connectivity index (χ4n) is 4.65. The van der Waals surface area contributed by atoms with Crippen molar-refractivity contribution in [1.29, 1.82) is 0 Å². The molecule has 3 aromatic rings. The summed E-state index contributed by atoms with van der Waals surface area (Å²) in [7, 11) is 0. The van der Waals surface area contributed by atoms with Gasteiger partial charge in [-0.15, -0.1) is 0 Å². The van der Waals surface area contributed by atoms with Gasteiger partial charge in [0.25, 0.3) is 0 Å². The van der Waals surface area contributed by atoms with Gasteiger partial charge in [-0.25, -0.2) is 13.2 Å². The van der Waals surface area contributed by atoms with Crippen LogP contribution in [0.2, 0.25) is 0 Å². The molecule has 1 aliphatic rings. The second-order valence-electron chi connectivity index (χ2n) is 9.13. The maximum Gasteiger partial charge on any atom is 0.166 e. The van der Waals surface area contributed by atoms with Crippen molar-refractivity contribution in [1.82, 2.24) is 0 Å². The minimum absolute atomic E-state index is 0.0209. The summed E-state index contributed by atoms with van der Waals surface area (Å²) in [6.07, 6.45) is 3.17. The van der Waals surface area contributed by atoms with E-state index in [1.165, 1.54) is 6.07 Å². The van der Waals surface area contributed by atoms with Crippen LogP contribution < -0.4 is 4.74 Å². The minimum Gasteiger partial charge on any atom is -0.490 e. The molecule has 180 valence electrons. The lowest BCUT2D eigenvalue weighted by molar-refractivity contribution is 0.133. The van der Waals surface area contributed by atoms with Gasteiger partial charge in [-0.1, -0.05) is 48.0 Å². The number of aryl methyl sites for hydroxylation is 1. The lowest BCUT2D eigenvalue weighted by atomic mass is 9.78. The Balaban J connectivity index is 1.34. The Bertz CT molecular complexity index is 1100. The quantitative estimate of drug-likeness (QED) is 0.334. The Morgan fingerprint density at radius 1 is 0.853 bits per heavy atom. The van der Waals surface area contributed by atoms with Gasteiger partial charge in [0, 0.05) is 12.2 Å². The fraction of sp³-hybridized carbons (Fsp3) is 0.379. The zero-order valence-electron chi connectivity index (χ0n) is 19.8. The Morgan fingerprint density at radius 3 is 2.26 bits per heavy atom. The smallest absolute Gasteiger partial charge is 0.166 e. The molecule has 1 saturated carbocycles. The van der Waals surface area contributed by atoms with Crippen LogP contribution in [0.3, 0.4) is 0 Å². The first-order valence-electron chi connectivity index (χ1n) is 12.0. The van der Waals surface area contributed by atoms with Crippen molar-refractivity contribution in [3.63, 3.8) is 0 Å². The molecule has 0 aromatic heterocycles. The molecule has 0 aliphatic heterocycles. The van der Waals surface area contributed by atoms with Gasteiger partial charge >= 0.3 is 0 Å². The molecule has 0 N–H and O–H groups in total. The predicted octanol–water partition coefficient (Wildman–Crippen LogP) is 7.97. The second-order valence-corrected chi connectivity index (χ2v) is 9.13. The van der Waals surface area contributed by atoms with Crippen molar-refractivity contribution in [3.05, 3.63) is 88.7 Å². The van der Waals surface area contributed by atoms with Gasteiger partial charge in [0.2, 0.25) is 0 Å². The summed E-state index contributed by atoms with van der Waals surface area (Å²) in [4.78, 5) is 0. The second kappa shape index (κ2) is 11.1. The van der Waals surface area contributed by atoms with Crippen LogP contribution >= 0.6 is 0 Å². The van der Waals surface area contributed by atoms with E-state index in [0.29, 0.717) is 30.9 Å². The highest BCUT2D eigenvalue weighted by Gasteiger charge is 2.27. The van der Waals surface area contributed by atoms with Crippen LogP contribution in [-0.2, 0) is 11.3 Å². The van der Waals surface area contributed by atoms with Gasteiger partial charge in [-0.3, -0.25) is 0 Å². The summed E-state index contributed by atoms with van der Waals surface area (Å²) in [5, 5.41) is 0. The van der Waals surface area contributed by atoms with Crippen LogP contribution in [0.25, 0.3) is 11.1 Å². The van der Waals surface area contributed by atoms with E-state index in [2.05, 4.69) is 0 Å². The zero-order chi connectivity index (χ0) is 24.1. The van der Waals surface area contributed by atoms with E-state index in [-0.39, 0.29) is 23.1 Å². The molecule has 34 heavy (non-hydrogen) atoms. The van der Waals surface area contributed by atoms with Gasteiger partial charge in [0.15, 0.2) is 23.2 Å². The van der Waals surface area contributed by atoms with Gasteiger partial charge in [0.1, 0.15) is 0 Å². The van der Waals surface area contributed by atoms with Gasteiger partial charge in [-0.05, 0) is 80.2 Å². The molecule has 2 nitrogen and oxygen atoms in total. The summed E-state index contributed by atoms with van der Waals surface area (Å²) >= 11 is 0. The maximum absolute atomic E-state index is 15.0. The van der Waals surface area contributed by atoms with Crippen molar-refractivity contribution < 1.29 is 22.6 Å². The van der Waals surface area contributed by atoms with Crippen LogP contribution in [0, 0.1) is 30.3 Å². The molecule has 5 heteroatoms. The van der Waals surface area contributed by atoms with Crippen LogP contribution in [0.4, 0.5) is 13.2 Å². The van der Waals surface area contributed by atoms with Gasteiger partial charge < -0.3 is 9.47 Å². The third-order valence-corrected chi connectivity index (χ3v) is 6.71. The summed E-state index contributed by atoms with van der Waals surface area (Å²) in [6, 6.07) is 15.7. The Morgan fingerprint density at radius 2 is 1.59 bits per heavy atom. The number of benzene rings is 3. The van der Waals surface area contributed by atoms with Crippen molar-refractivity contribution in [2.24, 2.45) is 5.92 Å². The van der Waals surface area contributed by atoms with Crippen LogP contribution in [0.15, 0.2) is 54.6 Å². The lowest BCUT2D eigenvalue weighted by Gasteiger charge is -2.29. The summed E-state index contributed by atoms with van der Waals surface area (Å²) in [6.45, 7) is 5.23. The monoisotopic (exact) mass is 468 g/mol. The number of ether oxygens (including phenoxy) is 2. The zero-order valence-corrected chi connectivity index (χ0v) is 19.8. The van der Waals surface area contributed by atoms with Crippen molar-refractivity contribution in [2.45, 2.75) is 52.1 Å². The largest absolute Gasteiger partial charge is 0.490 e. The molecule has 0 heterocycles. The summed E-state index contributed by atoms with van der Waals surface area (Å²) in [5.41, 5.74) is 3.26. The SMILES string of the molecule is CCOCc1ccc(OCC2CCC(c3ccc(-c4ccc(C)cc4)c(F)c3F)CC2)c(F)c1. The third-order valence-electron chi connectivity index (χ3n) is 6.71. The average Bonchev–Trinajstić information content (AvgIpc) is 2.85.